The topological polar surface area (TPSA) is 83.5 Å². The maximum atomic E-state index is 11.8. The van der Waals surface area contributed by atoms with E-state index in [4.69, 9.17) is 5.11 Å². The summed E-state index contributed by atoms with van der Waals surface area (Å²) in [4.78, 5) is 10.6. The lowest BCUT2D eigenvalue weighted by molar-refractivity contribution is 0.0702. The highest BCUT2D eigenvalue weighted by molar-refractivity contribution is 9.11. The van der Waals surface area contributed by atoms with Crippen molar-refractivity contribution in [2.24, 2.45) is 0 Å². The molecule has 1 rings (SSSR count). The Labute approximate surface area is 111 Å². The van der Waals surface area contributed by atoms with Crippen molar-refractivity contribution in [3.8, 4) is 11.8 Å². The summed E-state index contributed by atoms with van der Waals surface area (Å²) in [5.74, 6) is 3.94. The van der Waals surface area contributed by atoms with Crippen LogP contribution in [-0.4, -0.2) is 26.0 Å². The fourth-order valence-electron chi connectivity index (χ4n) is 0.938. The van der Waals surface area contributed by atoms with Crippen molar-refractivity contribution < 1.29 is 18.3 Å². The molecule has 0 spiro atoms. The summed E-state index contributed by atoms with van der Waals surface area (Å²) in [6.07, 6.45) is 0. The van der Waals surface area contributed by atoms with Gasteiger partial charge in [-0.3, -0.25) is 0 Å². The van der Waals surface area contributed by atoms with Crippen LogP contribution in [0.1, 0.15) is 16.6 Å². The quantitative estimate of drug-likeness (QED) is 0.815. The van der Waals surface area contributed by atoms with E-state index >= 15 is 0 Å². The lowest BCUT2D eigenvalue weighted by Gasteiger charge is -2.01. The Kier molecular flexibility index (Phi) is 4.70. The molecule has 0 atom stereocenters. The smallest absolute Gasteiger partial charge is 0.345 e. The normalized spacial score (nSPS) is 10.7. The van der Waals surface area contributed by atoms with E-state index in [0.717, 1.165) is 17.4 Å². The Morgan fingerprint density at radius 3 is 2.76 bits per heavy atom. The number of halogens is 1. The molecule has 2 N–H and O–H groups in total. The van der Waals surface area contributed by atoms with Crippen LogP contribution < -0.4 is 4.72 Å². The number of nitrogens with one attached hydrogen (secondary N) is 1. The lowest BCUT2D eigenvalue weighted by atomic mass is 10.5. The molecule has 0 bridgehead atoms. The van der Waals surface area contributed by atoms with Crippen LogP contribution in [0.2, 0.25) is 0 Å². The zero-order chi connectivity index (χ0) is 13.1. The number of aromatic carboxylic acids is 1. The standard InChI is InChI=1S/C9H8BrNO4S2/c1-2-3-4-11-17(14,15)7-5-6(9(12)13)16-8(7)10/h5,11H,4H2,1H3,(H,12,13). The van der Waals surface area contributed by atoms with E-state index in [1.54, 1.807) is 6.92 Å². The van der Waals surface area contributed by atoms with Crippen molar-refractivity contribution >= 4 is 43.3 Å². The van der Waals surface area contributed by atoms with Crippen molar-refractivity contribution in [3.05, 3.63) is 14.7 Å². The number of rotatable bonds is 4. The Hall–Kier alpha value is -0.880. The average Bonchev–Trinajstić information content (AvgIpc) is 2.61. The SMILES string of the molecule is CC#CCNS(=O)(=O)c1cc(C(=O)O)sc1Br. The summed E-state index contributed by atoms with van der Waals surface area (Å²) < 4.78 is 26.0. The van der Waals surface area contributed by atoms with E-state index in [1.165, 1.54) is 0 Å². The number of carbonyl (C=O) groups is 1. The number of thiophene rings is 1. The van der Waals surface area contributed by atoms with Crippen LogP contribution in [0.15, 0.2) is 14.7 Å². The van der Waals surface area contributed by atoms with E-state index in [2.05, 4.69) is 32.5 Å². The zero-order valence-electron chi connectivity index (χ0n) is 8.65. The van der Waals surface area contributed by atoms with E-state index in [-0.39, 0.29) is 20.1 Å². The van der Waals surface area contributed by atoms with Gasteiger partial charge in [0.05, 0.1) is 10.3 Å². The molecule has 1 aromatic rings. The molecule has 0 fully saturated rings. The first kappa shape index (κ1) is 14.2. The number of hydrogen-bond donors (Lipinski definition) is 2. The molecule has 17 heavy (non-hydrogen) atoms. The molecular formula is C9H8BrNO4S2. The second-order valence-corrected chi connectivity index (χ2v) is 6.91. The van der Waals surface area contributed by atoms with Crippen molar-refractivity contribution in [1.29, 1.82) is 0 Å². The van der Waals surface area contributed by atoms with Gasteiger partial charge in [-0.15, -0.1) is 17.3 Å². The predicted molar refractivity (Wildman–Crippen MR) is 67.6 cm³/mol. The van der Waals surface area contributed by atoms with Gasteiger partial charge in [0.25, 0.3) is 0 Å². The van der Waals surface area contributed by atoms with Gasteiger partial charge in [-0.2, -0.15) is 4.72 Å². The fourth-order valence-corrected chi connectivity index (χ4v) is 4.26. The van der Waals surface area contributed by atoms with Gasteiger partial charge < -0.3 is 5.11 Å². The molecule has 8 heteroatoms. The highest BCUT2D eigenvalue weighted by atomic mass is 79.9. The summed E-state index contributed by atoms with van der Waals surface area (Å²) in [6, 6.07) is 1.11. The minimum Gasteiger partial charge on any atom is -0.477 e. The minimum atomic E-state index is -3.73. The summed E-state index contributed by atoms with van der Waals surface area (Å²) in [7, 11) is -3.73. The van der Waals surface area contributed by atoms with Crippen LogP contribution in [0.25, 0.3) is 0 Å². The summed E-state index contributed by atoms with van der Waals surface area (Å²) in [6.45, 7) is 1.58. The molecule has 5 nitrogen and oxygen atoms in total. The van der Waals surface area contributed by atoms with Crippen LogP contribution in [-0.2, 0) is 10.0 Å². The predicted octanol–water partition coefficient (Wildman–Crippen LogP) is 1.51. The first-order chi connectivity index (χ1) is 7.88. The van der Waals surface area contributed by atoms with Crippen molar-refractivity contribution in [1.82, 2.24) is 4.72 Å². The maximum absolute atomic E-state index is 11.8. The molecule has 0 aliphatic heterocycles. The number of sulfonamides is 1. The third-order valence-corrected chi connectivity index (χ3v) is 5.32. The number of carboxylic acids is 1. The third kappa shape index (κ3) is 3.54. The third-order valence-electron chi connectivity index (χ3n) is 1.68. The number of hydrogen-bond acceptors (Lipinski definition) is 4. The minimum absolute atomic E-state index is 0.0104. The van der Waals surface area contributed by atoms with Crippen LogP contribution in [0.3, 0.4) is 0 Å². The second-order valence-electron chi connectivity index (χ2n) is 2.81. The van der Waals surface area contributed by atoms with Gasteiger partial charge in [0.1, 0.15) is 9.77 Å². The molecule has 0 radical (unpaired) electrons. The van der Waals surface area contributed by atoms with Gasteiger partial charge >= 0.3 is 5.97 Å². The van der Waals surface area contributed by atoms with Crippen LogP contribution >= 0.6 is 27.3 Å². The van der Waals surface area contributed by atoms with Gasteiger partial charge in [0.2, 0.25) is 10.0 Å². The summed E-state index contributed by atoms with van der Waals surface area (Å²) in [5, 5.41) is 8.75. The van der Waals surface area contributed by atoms with Gasteiger partial charge in [0, 0.05) is 0 Å². The molecule has 1 aromatic heterocycles. The Morgan fingerprint density at radius 1 is 1.65 bits per heavy atom. The second kappa shape index (κ2) is 5.64. The maximum Gasteiger partial charge on any atom is 0.345 e. The molecule has 92 valence electrons. The van der Waals surface area contributed by atoms with E-state index < -0.39 is 16.0 Å². The Bertz CT molecular complexity index is 594. The molecule has 0 aliphatic carbocycles. The molecular weight excluding hydrogens is 330 g/mol. The Balaban J connectivity index is 3.05. The van der Waals surface area contributed by atoms with Crippen LogP contribution in [0.4, 0.5) is 0 Å². The van der Waals surface area contributed by atoms with Crippen molar-refractivity contribution in [2.75, 3.05) is 6.54 Å². The molecule has 0 amide bonds. The average molecular weight is 338 g/mol. The Morgan fingerprint density at radius 2 is 2.29 bits per heavy atom. The first-order valence-electron chi connectivity index (χ1n) is 4.30. The van der Waals surface area contributed by atoms with Crippen molar-refractivity contribution in [3.63, 3.8) is 0 Å². The van der Waals surface area contributed by atoms with Crippen LogP contribution in [0.5, 0.6) is 0 Å². The molecule has 0 saturated heterocycles. The zero-order valence-corrected chi connectivity index (χ0v) is 11.9. The van der Waals surface area contributed by atoms with E-state index in [9.17, 15) is 13.2 Å². The number of carboxylic acid groups (broad SMARTS) is 1. The van der Waals surface area contributed by atoms with Gasteiger partial charge in [-0.05, 0) is 28.9 Å². The van der Waals surface area contributed by atoms with Crippen LogP contribution in [0, 0.1) is 11.8 Å². The highest BCUT2D eigenvalue weighted by Gasteiger charge is 2.22. The summed E-state index contributed by atoms with van der Waals surface area (Å²) >= 11 is 3.88. The van der Waals surface area contributed by atoms with Gasteiger partial charge in [0.15, 0.2) is 0 Å². The fraction of sp³-hybridized carbons (Fsp3) is 0.222. The first-order valence-corrected chi connectivity index (χ1v) is 7.39. The lowest BCUT2D eigenvalue weighted by Crippen LogP contribution is -2.23. The monoisotopic (exact) mass is 337 g/mol. The molecule has 0 aliphatic rings. The molecule has 0 aromatic carbocycles. The molecule has 0 unspecified atom stereocenters. The highest BCUT2D eigenvalue weighted by Crippen LogP contribution is 2.31. The summed E-state index contributed by atoms with van der Waals surface area (Å²) in [5.41, 5.74) is 0. The van der Waals surface area contributed by atoms with Gasteiger partial charge in [-0.1, -0.05) is 5.92 Å². The van der Waals surface area contributed by atoms with E-state index in [1.807, 2.05) is 0 Å². The molecule has 0 saturated carbocycles. The van der Waals surface area contributed by atoms with E-state index in [0.29, 0.717) is 0 Å². The van der Waals surface area contributed by atoms with Gasteiger partial charge in [-0.25, -0.2) is 13.2 Å². The molecule has 1 heterocycles. The van der Waals surface area contributed by atoms with Crippen molar-refractivity contribution in [2.45, 2.75) is 11.8 Å². The largest absolute Gasteiger partial charge is 0.477 e.